The number of aryl methyl sites for hydroxylation is 2. The van der Waals surface area contributed by atoms with E-state index in [1.54, 1.807) is 10.3 Å². The molecule has 2 aromatic carbocycles. The van der Waals surface area contributed by atoms with Crippen LogP contribution in [0.5, 0.6) is 0 Å². The molecule has 1 aromatic heterocycles. The van der Waals surface area contributed by atoms with Gasteiger partial charge in [0.25, 0.3) is 0 Å². The summed E-state index contributed by atoms with van der Waals surface area (Å²) in [6, 6.07) is 15.0. The number of para-hydroxylation sites is 2. The topological polar surface area (TPSA) is 24.4 Å². The smallest absolute Gasteiger partial charge is 0.135 e. The molecule has 0 fully saturated rings. The number of anilines is 1. The summed E-state index contributed by atoms with van der Waals surface area (Å²) in [5.74, 6) is 0. The number of fused-ring (bicyclic) bond motifs is 3. The molecule has 0 saturated carbocycles. The van der Waals surface area contributed by atoms with Crippen molar-refractivity contribution in [3.8, 4) is 11.1 Å². The Hall–Kier alpha value is -1.91. The summed E-state index contributed by atoms with van der Waals surface area (Å²) in [4.78, 5) is 6.46. The molecule has 0 amide bonds. The molecule has 1 aliphatic rings. The van der Waals surface area contributed by atoms with Gasteiger partial charge in [0.1, 0.15) is 4.67 Å². The maximum absolute atomic E-state index is 5.08. The van der Waals surface area contributed by atoms with Crippen LogP contribution in [0, 0.1) is 6.92 Å². The molecule has 3 aromatic rings. The van der Waals surface area contributed by atoms with Gasteiger partial charge in [0.2, 0.25) is 0 Å². The van der Waals surface area contributed by atoms with E-state index in [9.17, 15) is 0 Å². The van der Waals surface area contributed by atoms with Crippen LogP contribution in [0.15, 0.2) is 47.5 Å². The predicted molar refractivity (Wildman–Crippen MR) is 110 cm³/mol. The average molecular weight is 367 g/mol. The van der Waals surface area contributed by atoms with Gasteiger partial charge in [0, 0.05) is 16.8 Å². The van der Waals surface area contributed by atoms with E-state index in [0.29, 0.717) is 0 Å². The number of rotatable bonds is 2. The maximum Gasteiger partial charge on any atom is 0.135 e. The molecule has 0 aliphatic carbocycles. The second kappa shape index (κ2) is 6.11. The van der Waals surface area contributed by atoms with Crippen molar-refractivity contribution in [2.75, 3.05) is 5.32 Å². The quantitative estimate of drug-likeness (QED) is 0.533. The van der Waals surface area contributed by atoms with Crippen LogP contribution in [-0.4, -0.2) is 0 Å². The summed E-state index contributed by atoms with van der Waals surface area (Å²) in [6.07, 6.45) is 0.999. The first-order chi connectivity index (χ1) is 12.0. The Kier molecular flexibility index (Phi) is 4.05. The first-order valence-electron chi connectivity index (χ1n) is 8.65. The Balaban J connectivity index is 2.01. The zero-order chi connectivity index (χ0) is 17.6. The van der Waals surface area contributed by atoms with Crippen molar-refractivity contribution < 1.29 is 0 Å². The molecular formula is C21H22N2S2. The molecule has 0 radical (unpaired) electrons. The second-order valence-corrected chi connectivity index (χ2v) is 9.15. The van der Waals surface area contributed by atoms with Gasteiger partial charge in [-0.15, -0.1) is 0 Å². The van der Waals surface area contributed by atoms with Gasteiger partial charge in [0.05, 0.1) is 16.1 Å². The van der Waals surface area contributed by atoms with E-state index in [-0.39, 0.29) is 5.54 Å². The molecule has 25 heavy (non-hydrogen) atoms. The lowest BCUT2D eigenvalue weighted by molar-refractivity contribution is 0.618. The lowest BCUT2D eigenvalue weighted by atomic mass is 9.88. The van der Waals surface area contributed by atoms with Gasteiger partial charge >= 0.3 is 0 Å². The molecule has 0 spiro atoms. The molecule has 0 unspecified atom stereocenters. The summed E-state index contributed by atoms with van der Waals surface area (Å²) in [6.45, 7) is 8.88. The number of hydrogen-bond acceptors (Lipinski definition) is 4. The van der Waals surface area contributed by atoms with E-state index in [0.717, 1.165) is 16.8 Å². The van der Waals surface area contributed by atoms with Crippen molar-refractivity contribution in [3.05, 3.63) is 63.1 Å². The lowest BCUT2D eigenvalue weighted by Gasteiger charge is -2.34. The third-order valence-corrected chi connectivity index (χ3v) is 7.43. The van der Waals surface area contributed by atoms with Crippen LogP contribution in [0.2, 0.25) is 0 Å². The predicted octanol–water partition coefficient (Wildman–Crippen LogP) is 6.24. The van der Waals surface area contributed by atoms with Gasteiger partial charge in [-0.1, -0.05) is 64.0 Å². The highest BCUT2D eigenvalue weighted by Crippen LogP contribution is 2.46. The maximum atomic E-state index is 5.08. The molecule has 0 saturated heterocycles. The first kappa shape index (κ1) is 16.6. The second-order valence-electron chi connectivity index (χ2n) is 7.02. The van der Waals surface area contributed by atoms with Crippen LogP contribution in [-0.2, 0) is 12.0 Å². The Bertz CT molecular complexity index is 1010. The molecule has 2 heterocycles. The van der Waals surface area contributed by atoms with E-state index in [1.807, 2.05) is 10.3 Å². The van der Waals surface area contributed by atoms with E-state index >= 15 is 0 Å². The van der Waals surface area contributed by atoms with Gasteiger partial charge in [0.15, 0.2) is 0 Å². The third kappa shape index (κ3) is 2.74. The molecule has 1 aliphatic heterocycles. The normalized spacial score (nSPS) is 15.4. The SMILES string of the molecule is CCc1ccccc1N=c1ssc2c1-c1cccc(C)c1NC2(C)C. The van der Waals surface area contributed by atoms with E-state index in [1.165, 1.54) is 32.8 Å². The van der Waals surface area contributed by atoms with Crippen molar-refractivity contribution >= 4 is 32.1 Å². The summed E-state index contributed by atoms with van der Waals surface area (Å²) >= 11 is 0. The summed E-state index contributed by atoms with van der Waals surface area (Å²) < 4.78 is 1.13. The summed E-state index contributed by atoms with van der Waals surface area (Å²) in [5.41, 5.74) is 7.42. The van der Waals surface area contributed by atoms with Crippen molar-refractivity contribution in [1.82, 2.24) is 0 Å². The minimum absolute atomic E-state index is 0.0757. The van der Waals surface area contributed by atoms with Gasteiger partial charge in [-0.05, 0) is 44.4 Å². The van der Waals surface area contributed by atoms with Crippen LogP contribution in [0.3, 0.4) is 0 Å². The van der Waals surface area contributed by atoms with Crippen LogP contribution in [0.4, 0.5) is 11.4 Å². The van der Waals surface area contributed by atoms with Crippen molar-refractivity contribution in [2.45, 2.75) is 39.7 Å². The van der Waals surface area contributed by atoms with Gasteiger partial charge in [-0.3, -0.25) is 0 Å². The Labute approximate surface area is 156 Å². The molecule has 2 nitrogen and oxygen atoms in total. The highest BCUT2D eigenvalue weighted by atomic mass is 32.9. The fraction of sp³-hybridized carbons (Fsp3) is 0.286. The van der Waals surface area contributed by atoms with Gasteiger partial charge in [-0.2, -0.15) is 0 Å². The Morgan fingerprint density at radius 2 is 1.84 bits per heavy atom. The highest BCUT2D eigenvalue weighted by molar-refractivity contribution is 7.68. The van der Waals surface area contributed by atoms with Crippen LogP contribution < -0.4 is 9.99 Å². The van der Waals surface area contributed by atoms with Crippen molar-refractivity contribution in [1.29, 1.82) is 0 Å². The lowest BCUT2D eigenvalue weighted by Crippen LogP contribution is -2.32. The third-order valence-electron chi connectivity index (χ3n) is 4.79. The Morgan fingerprint density at radius 3 is 2.64 bits per heavy atom. The van der Waals surface area contributed by atoms with Crippen LogP contribution in [0.25, 0.3) is 11.1 Å². The van der Waals surface area contributed by atoms with E-state index in [2.05, 4.69) is 75.5 Å². The van der Waals surface area contributed by atoms with Crippen LogP contribution >= 0.6 is 20.7 Å². The monoisotopic (exact) mass is 366 g/mol. The number of nitrogens with one attached hydrogen (secondary N) is 1. The fourth-order valence-electron chi connectivity index (χ4n) is 3.43. The Morgan fingerprint density at radius 1 is 1.04 bits per heavy atom. The van der Waals surface area contributed by atoms with Crippen molar-refractivity contribution in [2.24, 2.45) is 4.99 Å². The highest BCUT2D eigenvalue weighted by Gasteiger charge is 2.34. The van der Waals surface area contributed by atoms with E-state index in [4.69, 9.17) is 4.99 Å². The number of nitrogens with zero attached hydrogens (tertiary/aromatic N) is 1. The summed E-state index contributed by atoms with van der Waals surface area (Å²) in [5, 5.41) is 3.74. The number of benzene rings is 2. The average Bonchev–Trinajstić information content (AvgIpc) is 3.02. The molecule has 1 N–H and O–H groups in total. The molecule has 4 heteroatoms. The zero-order valence-electron chi connectivity index (χ0n) is 15.0. The largest absolute Gasteiger partial charge is 0.374 e. The van der Waals surface area contributed by atoms with E-state index < -0.39 is 0 Å². The number of hydrogen-bond donors (Lipinski definition) is 1. The minimum Gasteiger partial charge on any atom is -0.374 e. The fourth-order valence-corrected chi connectivity index (χ4v) is 6.36. The molecule has 0 bridgehead atoms. The summed E-state index contributed by atoms with van der Waals surface area (Å²) in [7, 11) is 3.63. The molecule has 128 valence electrons. The minimum atomic E-state index is -0.0757. The molecule has 0 atom stereocenters. The van der Waals surface area contributed by atoms with Crippen LogP contribution in [0.1, 0.15) is 36.8 Å². The van der Waals surface area contributed by atoms with Gasteiger partial charge in [-0.25, -0.2) is 4.99 Å². The van der Waals surface area contributed by atoms with Crippen molar-refractivity contribution in [3.63, 3.8) is 0 Å². The standard InChI is InChI=1S/C21H22N2S2/c1-5-14-10-6-7-12-16(14)22-20-17-15-11-8-9-13(2)18(15)23-21(3,4)19(17)24-25-20/h6-12,23H,5H2,1-4H3. The zero-order valence-corrected chi connectivity index (χ0v) is 16.6. The van der Waals surface area contributed by atoms with Gasteiger partial charge < -0.3 is 5.32 Å². The molecule has 4 rings (SSSR count). The molecular weight excluding hydrogens is 344 g/mol. The first-order valence-corrected chi connectivity index (χ1v) is 10.8.